The monoisotopic (exact) mass is 409 g/mol. The van der Waals surface area contributed by atoms with E-state index in [1.54, 1.807) is 5.57 Å². The lowest BCUT2D eigenvalue weighted by Gasteiger charge is -2.60. The number of rotatable bonds is 2. The van der Waals surface area contributed by atoms with Gasteiger partial charge in [0.15, 0.2) is 0 Å². The minimum atomic E-state index is -0.118. The predicted molar refractivity (Wildman–Crippen MR) is 113 cm³/mol. The molecule has 1 N–H and O–H groups in total. The minimum absolute atomic E-state index is 0.0759. The van der Waals surface area contributed by atoms with Crippen molar-refractivity contribution in [1.29, 1.82) is 0 Å². The van der Waals surface area contributed by atoms with Gasteiger partial charge in [-0.1, -0.05) is 17.7 Å². The Labute approximate surface area is 179 Å². The summed E-state index contributed by atoms with van der Waals surface area (Å²) in [5.41, 5.74) is 2.62. The lowest BCUT2D eigenvalue weighted by Crippen LogP contribution is -2.58. The van der Waals surface area contributed by atoms with E-state index >= 15 is 0 Å². The highest BCUT2D eigenvalue weighted by Crippen LogP contribution is 2.80. The Bertz CT molecular complexity index is 858. The molecule has 1 aliphatic heterocycles. The molecule has 1 saturated heterocycles. The Morgan fingerprint density at radius 3 is 2.70 bits per heavy atom. The maximum Gasteiger partial charge on any atom is 0.306 e. The molecule has 7 aliphatic rings. The fourth-order valence-electron chi connectivity index (χ4n) is 10.2. The summed E-state index contributed by atoms with van der Waals surface area (Å²) < 4.78 is 6.36. The van der Waals surface area contributed by atoms with Crippen LogP contribution in [0.2, 0.25) is 0 Å². The Balaban J connectivity index is 1.32. The molecule has 1 spiro atoms. The highest BCUT2D eigenvalue weighted by Gasteiger charge is 2.80. The third kappa shape index (κ3) is 2.09. The van der Waals surface area contributed by atoms with E-state index in [4.69, 9.17) is 4.74 Å². The molecule has 0 bridgehead atoms. The fourth-order valence-corrected chi connectivity index (χ4v) is 10.2. The molecule has 6 aliphatic carbocycles. The van der Waals surface area contributed by atoms with E-state index in [2.05, 4.69) is 18.2 Å². The summed E-state index contributed by atoms with van der Waals surface area (Å²) in [4.78, 5) is 12.4. The van der Waals surface area contributed by atoms with E-state index in [0.29, 0.717) is 18.3 Å². The minimum Gasteiger partial charge on any atom is -0.458 e. The summed E-state index contributed by atoms with van der Waals surface area (Å²) in [5.74, 6) is 6.36. The summed E-state index contributed by atoms with van der Waals surface area (Å²) >= 11 is 0. The molecule has 5 saturated carbocycles. The second-order valence-electron chi connectivity index (χ2n) is 11.8. The van der Waals surface area contributed by atoms with Gasteiger partial charge >= 0.3 is 5.97 Å². The Morgan fingerprint density at radius 1 is 1.13 bits per heavy atom. The zero-order valence-electron chi connectivity index (χ0n) is 18.2. The lowest BCUT2D eigenvalue weighted by molar-refractivity contribution is -0.183. The zero-order chi connectivity index (χ0) is 20.3. The van der Waals surface area contributed by atoms with E-state index in [0.717, 1.165) is 54.1 Å². The van der Waals surface area contributed by atoms with Crippen LogP contribution in [-0.4, -0.2) is 22.5 Å². The quantitative estimate of drug-likeness (QED) is 0.380. The van der Waals surface area contributed by atoms with Gasteiger partial charge in [0.25, 0.3) is 0 Å². The van der Waals surface area contributed by atoms with Gasteiger partial charge in [-0.25, -0.2) is 0 Å². The molecule has 0 radical (unpaired) electrons. The van der Waals surface area contributed by atoms with Crippen molar-refractivity contribution in [3.05, 3.63) is 11.6 Å². The molecular formula is C26H35NO3. The molecule has 9 atom stereocenters. The van der Waals surface area contributed by atoms with Gasteiger partial charge < -0.3 is 9.94 Å². The normalized spacial score (nSPS) is 54.8. The maximum absolute atomic E-state index is 12.4. The van der Waals surface area contributed by atoms with Crippen molar-refractivity contribution in [3.8, 4) is 0 Å². The number of esters is 1. The van der Waals surface area contributed by atoms with Crippen LogP contribution in [-0.2, 0) is 9.53 Å². The van der Waals surface area contributed by atoms with Gasteiger partial charge in [0, 0.05) is 17.8 Å². The molecule has 162 valence electrons. The molecule has 7 rings (SSSR count). The van der Waals surface area contributed by atoms with Crippen LogP contribution in [0.25, 0.3) is 0 Å². The molecule has 1 heterocycles. The van der Waals surface area contributed by atoms with Crippen LogP contribution < -0.4 is 0 Å². The highest BCUT2D eigenvalue weighted by molar-refractivity contribution is 5.96. The molecular weight excluding hydrogens is 374 g/mol. The number of carbonyl (C=O) groups excluding carboxylic acids is 1. The van der Waals surface area contributed by atoms with Gasteiger partial charge in [0.1, 0.15) is 5.60 Å². The molecule has 0 aromatic carbocycles. The van der Waals surface area contributed by atoms with Gasteiger partial charge in [-0.2, -0.15) is 0 Å². The number of hydrogen-bond acceptors (Lipinski definition) is 4. The molecule has 0 aromatic heterocycles. The first-order valence-electron chi connectivity index (χ1n) is 12.7. The molecule has 4 nitrogen and oxygen atoms in total. The number of oxime groups is 1. The largest absolute Gasteiger partial charge is 0.458 e. The van der Waals surface area contributed by atoms with Gasteiger partial charge in [0.05, 0.1) is 5.71 Å². The molecule has 30 heavy (non-hydrogen) atoms. The first-order chi connectivity index (χ1) is 14.6. The van der Waals surface area contributed by atoms with Crippen LogP contribution in [0.15, 0.2) is 16.8 Å². The summed E-state index contributed by atoms with van der Waals surface area (Å²) in [6.07, 6.45) is 15.1. The van der Waals surface area contributed by atoms with Gasteiger partial charge in [-0.3, -0.25) is 4.79 Å². The van der Waals surface area contributed by atoms with Crippen molar-refractivity contribution in [2.75, 3.05) is 0 Å². The third-order valence-electron chi connectivity index (χ3n) is 11.2. The number of fused-ring (bicyclic) bond motifs is 9. The average Bonchev–Trinajstić information content (AvgIpc) is 3.69. The van der Waals surface area contributed by atoms with E-state index in [-0.39, 0.29) is 17.0 Å². The Kier molecular flexibility index (Phi) is 3.61. The fraction of sp³-hybridized carbons (Fsp3) is 0.846. The van der Waals surface area contributed by atoms with E-state index in [9.17, 15) is 10.0 Å². The smallest absolute Gasteiger partial charge is 0.306 e. The second-order valence-corrected chi connectivity index (χ2v) is 11.8. The molecule has 4 heteroatoms. The summed E-state index contributed by atoms with van der Waals surface area (Å²) in [6, 6.07) is 0. The zero-order valence-corrected chi connectivity index (χ0v) is 18.2. The van der Waals surface area contributed by atoms with Crippen LogP contribution in [0.4, 0.5) is 0 Å². The number of allylic oxidation sites excluding steroid dienone is 2. The van der Waals surface area contributed by atoms with E-state index in [1.165, 1.54) is 51.4 Å². The maximum atomic E-state index is 12.4. The van der Waals surface area contributed by atoms with E-state index < -0.39 is 0 Å². The molecule has 6 fully saturated rings. The summed E-state index contributed by atoms with van der Waals surface area (Å²) in [6.45, 7) is 2.40. The van der Waals surface area contributed by atoms with Crippen molar-refractivity contribution in [2.24, 2.45) is 57.9 Å². The average molecular weight is 410 g/mol. The SMILES string of the molecule is CC[C@]12CCC3C(C1[C@H]1C[C@H]1[C@@]21CCC(=O)O1)[C@@H](C1CC1)CC1=C/C(=N/O)CC[C@@H]13. The molecule has 0 aromatic rings. The first-order valence-corrected chi connectivity index (χ1v) is 12.7. The van der Waals surface area contributed by atoms with Gasteiger partial charge in [0.2, 0.25) is 0 Å². The third-order valence-corrected chi connectivity index (χ3v) is 11.2. The van der Waals surface area contributed by atoms with Crippen LogP contribution in [0, 0.1) is 52.8 Å². The second kappa shape index (κ2) is 5.92. The van der Waals surface area contributed by atoms with Crippen molar-refractivity contribution < 1.29 is 14.7 Å². The standard InChI is InChI=1S/C26H35NO3/c1-2-25-9-7-18-17-6-5-16(27-29)11-15(17)12-19(14-3-4-14)23(18)24(25)20-13-21(20)26(25)10-8-22(28)30-26/h11,14,17-21,23-24,29H,2-10,12-13H2,1H3/b27-16+/t17-,18?,19+,20-,21+,23?,24?,25-,26-/m0/s1. The van der Waals surface area contributed by atoms with Crippen LogP contribution in [0.3, 0.4) is 0 Å². The van der Waals surface area contributed by atoms with Crippen LogP contribution >= 0.6 is 0 Å². The van der Waals surface area contributed by atoms with Crippen LogP contribution in [0.1, 0.15) is 77.6 Å². The Morgan fingerprint density at radius 2 is 2.00 bits per heavy atom. The highest BCUT2D eigenvalue weighted by atomic mass is 16.6. The predicted octanol–water partition coefficient (Wildman–Crippen LogP) is 5.35. The molecule has 0 amide bonds. The van der Waals surface area contributed by atoms with Crippen LogP contribution in [0.5, 0.6) is 0 Å². The van der Waals surface area contributed by atoms with Gasteiger partial charge in [-0.15, -0.1) is 0 Å². The number of carbonyl (C=O) groups is 1. The van der Waals surface area contributed by atoms with Crippen molar-refractivity contribution in [2.45, 2.75) is 83.2 Å². The first kappa shape index (κ1) is 18.3. The number of nitrogens with zero attached hydrogens (tertiary/aromatic N) is 1. The van der Waals surface area contributed by atoms with Crippen molar-refractivity contribution >= 4 is 11.7 Å². The number of hydrogen-bond donors (Lipinski definition) is 1. The van der Waals surface area contributed by atoms with Crippen molar-refractivity contribution in [1.82, 2.24) is 0 Å². The molecule has 3 unspecified atom stereocenters. The van der Waals surface area contributed by atoms with Crippen molar-refractivity contribution in [3.63, 3.8) is 0 Å². The topological polar surface area (TPSA) is 58.9 Å². The lowest BCUT2D eigenvalue weighted by atomic mass is 9.45. The summed E-state index contributed by atoms with van der Waals surface area (Å²) in [5, 5.41) is 12.9. The Hall–Kier alpha value is -1.32. The number of ether oxygens (including phenoxy) is 1. The van der Waals surface area contributed by atoms with E-state index in [1.807, 2.05) is 0 Å². The van der Waals surface area contributed by atoms with Gasteiger partial charge in [-0.05, 0) is 112 Å². The summed E-state index contributed by atoms with van der Waals surface area (Å²) in [7, 11) is 0.